The van der Waals surface area contributed by atoms with Crippen molar-refractivity contribution in [2.75, 3.05) is 25.0 Å². The first-order valence-corrected chi connectivity index (χ1v) is 10.4. The second kappa shape index (κ2) is 9.66. The van der Waals surface area contributed by atoms with Gasteiger partial charge in [0.1, 0.15) is 0 Å². The van der Waals surface area contributed by atoms with Gasteiger partial charge in [-0.05, 0) is 31.9 Å². The average Bonchev–Trinajstić information content (AvgIpc) is 3.00. The molecule has 1 saturated heterocycles. The predicted molar refractivity (Wildman–Crippen MR) is 111 cm³/mol. The normalized spacial score (nSPS) is 15.3. The van der Waals surface area contributed by atoms with E-state index in [0.717, 1.165) is 48.6 Å². The van der Waals surface area contributed by atoms with Crippen molar-refractivity contribution >= 4 is 28.8 Å². The van der Waals surface area contributed by atoms with Gasteiger partial charge in [0.2, 0.25) is 11.8 Å². The molecule has 1 aromatic carbocycles. The Labute approximate surface area is 168 Å². The number of piperidine rings is 1. The van der Waals surface area contributed by atoms with Gasteiger partial charge in [-0.15, -0.1) is 0 Å². The summed E-state index contributed by atoms with van der Waals surface area (Å²) >= 11 is 1.16. The first-order chi connectivity index (χ1) is 13.5. The van der Waals surface area contributed by atoms with Gasteiger partial charge in [-0.1, -0.05) is 29.5 Å². The Morgan fingerprint density at radius 2 is 1.86 bits per heavy atom. The van der Waals surface area contributed by atoms with E-state index in [9.17, 15) is 14.4 Å². The fraction of sp³-hybridized carbons (Fsp3) is 0.450. The van der Waals surface area contributed by atoms with E-state index in [4.69, 9.17) is 0 Å². The highest BCUT2D eigenvalue weighted by atomic mass is 32.1. The quantitative estimate of drug-likeness (QED) is 0.740. The van der Waals surface area contributed by atoms with Crippen LogP contribution in [0.2, 0.25) is 0 Å². The van der Waals surface area contributed by atoms with Crippen LogP contribution in [0.3, 0.4) is 0 Å². The van der Waals surface area contributed by atoms with Crippen LogP contribution in [0.15, 0.2) is 40.5 Å². The minimum atomic E-state index is -0.0298. The number of aromatic nitrogens is 1. The third kappa shape index (κ3) is 5.77. The number of aryl methyl sites for hydroxylation is 1. The van der Waals surface area contributed by atoms with Crippen LogP contribution >= 0.6 is 11.3 Å². The number of carbonyl (C=O) groups is 2. The van der Waals surface area contributed by atoms with Gasteiger partial charge < -0.3 is 15.2 Å². The predicted octanol–water partition coefficient (Wildman–Crippen LogP) is 1.83. The molecule has 0 radical (unpaired) electrons. The van der Waals surface area contributed by atoms with Crippen molar-refractivity contribution in [3.05, 3.63) is 51.1 Å². The molecule has 0 spiro atoms. The highest BCUT2D eigenvalue weighted by Gasteiger charge is 2.22. The summed E-state index contributed by atoms with van der Waals surface area (Å²) in [5.41, 5.74) is 1.69. The van der Waals surface area contributed by atoms with Crippen molar-refractivity contribution in [3.63, 3.8) is 0 Å². The molecule has 1 aliphatic heterocycles. The molecule has 2 amide bonds. The molecule has 2 heterocycles. The van der Waals surface area contributed by atoms with E-state index < -0.39 is 0 Å². The average molecular weight is 403 g/mol. The molecular weight excluding hydrogens is 376 g/mol. The topological polar surface area (TPSA) is 83.4 Å². The summed E-state index contributed by atoms with van der Waals surface area (Å²) in [6.07, 6.45) is 1.95. The van der Waals surface area contributed by atoms with Crippen molar-refractivity contribution in [1.29, 1.82) is 0 Å². The number of thiazole rings is 1. The van der Waals surface area contributed by atoms with Crippen LogP contribution in [0.1, 0.15) is 25.0 Å². The minimum absolute atomic E-state index is 0.0209. The van der Waals surface area contributed by atoms with Gasteiger partial charge in [0.15, 0.2) is 0 Å². The summed E-state index contributed by atoms with van der Waals surface area (Å²) in [5.74, 6) is -0.0527. The van der Waals surface area contributed by atoms with E-state index in [1.807, 2.05) is 42.6 Å². The van der Waals surface area contributed by atoms with Crippen LogP contribution in [0, 0.1) is 6.92 Å². The Bertz CT molecular complexity index is 854. The van der Waals surface area contributed by atoms with Crippen molar-refractivity contribution in [1.82, 2.24) is 14.8 Å². The summed E-state index contributed by atoms with van der Waals surface area (Å²) in [7, 11) is 0. The number of benzene rings is 1. The maximum Gasteiger partial charge on any atom is 0.307 e. The summed E-state index contributed by atoms with van der Waals surface area (Å²) in [6, 6.07) is 9.55. The van der Waals surface area contributed by atoms with E-state index in [1.54, 1.807) is 4.57 Å². The maximum absolute atomic E-state index is 12.2. The number of rotatable bonds is 7. The first-order valence-electron chi connectivity index (χ1n) is 9.53. The second-order valence-corrected chi connectivity index (χ2v) is 7.90. The summed E-state index contributed by atoms with van der Waals surface area (Å²) in [6.45, 7) is 4.19. The lowest BCUT2D eigenvalue weighted by Crippen LogP contribution is -2.46. The largest absolute Gasteiger partial charge is 0.353 e. The molecule has 2 aromatic rings. The van der Waals surface area contributed by atoms with Crippen LogP contribution in [-0.2, 0) is 16.1 Å². The highest BCUT2D eigenvalue weighted by molar-refractivity contribution is 7.07. The van der Waals surface area contributed by atoms with Crippen molar-refractivity contribution in [3.8, 4) is 0 Å². The standard InChI is InChI=1S/C20H26N4O3S/c1-15-14-28-20(27)24(15)12-9-18(25)21-17-7-10-23(11-8-17)13-19(26)22-16-5-3-2-4-6-16/h2-6,14,17H,7-13H2,1H3,(H,21,25)(H,22,26). The van der Waals surface area contributed by atoms with Crippen LogP contribution in [0.25, 0.3) is 0 Å². The van der Waals surface area contributed by atoms with Crippen molar-refractivity contribution in [2.45, 2.75) is 38.8 Å². The molecule has 2 N–H and O–H groups in total. The van der Waals surface area contributed by atoms with E-state index in [1.165, 1.54) is 0 Å². The van der Waals surface area contributed by atoms with Crippen molar-refractivity contribution in [2.24, 2.45) is 0 Å². The molecule has 0 bridgehead atoms. The number of amides is 2. The van der Waals surface area contributed by atoms with Gasteiger partial charge in [-0.2, -0.15) is 0 Å². The van der Waals surface area contributed by atoms with Gasteiger partial charge in [0.25, 0.3) is 0 Å². The van der Waals surface area contributed by atoms with Gasteiger partial charge in [-0.3, -0.25) is 19.3 Å². The molecule has 150 valence electrons. The Morgan fingerprint density at radius 3 is 2.50 bits per heavy atom. The number of nitrogens with zero attached hydrogens (tertiary/aromatic N) is 2. The summed E-state index contributed by atoms with van der Waals surface area (Å²) < 4.78 is 1.64. The van der Waals surface area contributed by atoms with Gasteiger partial charge >= 0.3 is 4.87 Å². The smallest absolute Gasteiger partial charge is 0.307 e. The molecule has 0 unspecified atom stereocenters. The summed E-state index contributed by atoms with van der Waals surface area (Å²) in [5, 5.41) is 7.76. The Hall–Kier alpha value is -2.45. The zero-order valence-corrected chi connectivity index (χ0v) is 16.8. The number of hydrogen-bond acceptors (Lipinski definition) is 5. The minimum Gasteiger partial charge on any atom is -0.353 e. The molecule has 7 nitrogen and oxygen atoms in total. The lowest BCUT2D eigenvalue weighted by atomic mass is 10.0. The number of carbonyl (C=O) groups excluding carboxylic acids is 2. The lowest BCUT2D eigenvalue weighted by Gasteiger charge is -2.31. The molecule has 1 aromatic heterocycles. The first kappa shape index (κ1) is 20.3. The number of nitrogens with one attached hydrogen (secondary N) is 2. The summed E-state index contributed by atoms with van der Waals surface area (Å²) in [4.78, 5) is 38.1. The number of para-hydroxylation sites is 1. The maximum atomic E-state index is 12.2. The number of likely N-dealkylation sites (tertiary alicyclic amines) is 1. The molecular formula is C20H26N4O3S. The Morgan fingerprint density at radius 1 is 1.14 bits per heavy atom. The zero-order chi connectivity index (χ0) is 19.9. The molecule has 8 heteroatoms. The number of hydrogen-bond donors (Lipinski definition) is 2. The molecule has 0 saturated carbocycles. The van der Waals surface area contributed by atoms with Crippen LogP contribution in [-0.4, -0.2) is 47.0 Å². The highest BCUT2D eigenvalue weighted by Crippen LogP contribution is 2.11. The van der Waals surface area contributed by atoms with Crippen molar-refractivity contribution < 1.29 is 9.59 Å². The van der Waals surface area contributed by atoms with Gasteiger partial charge in [0.05, 0.1) is 6.54 Å². The molecule has 0 aliphatic carbocycles. The van der Waals surface area contributed by atoms with E-state index in [-0.39, 0.29) is 22.7 Å². The zero-order valence-electron chi connectivity index (χ0n) is 16.0. The third-order valence-electron chi connectivity index (χ3n) is 4.92. The molecule has 1 fully saturated rings. The molecule has 0 atom stereocenters. The molecule has 28 heavy (non-hydrogen) atoms. The van der Waals surface area contributed by atoms with Crippen LogP contribution < -0.4 is 15.5 Å². The van der Waals surface area contributed by atoms with Crippen LogP contribution in [0.4, 0.5) is 5.69 Å². The monoisotopic (exact) mass is 402 g/mol. The Balaban J connectivity index is 1.36. The third-order valence-corrected chi connectivity index (χ3v) is 5.80. The van der Waals surface area contributed by atoms with E-state index in [0.29, 0.717) is 19.5 Å². The molecule has 1 aliphatic rings. The Kier molecular flexibility index (Phi) is 7.00. The van der Waals surface area contributed by atoms with Crippen LogP contribution in [0.5, 0.6) is 0 Å². The second-order valence-electron chi connectivity index (χ2n) is 7.08. The van der Waals surface area contributed by atoms with E-state index >= 15 is 0 Å². The molecule has 3 rings (SSSR count). The SMILES string of the molecule is Cc1csc(=O)n1CCC(=O)NC1CCN(CC(=O)Nc2ccccc2)CC1. The lowest BCUT2D eigenvalue weighted by molar-refractivity contribution is -0.123. The number of anilines is 1. The van der Waals surface area contributed by atoms with Gasteiger partial charge in [0, 0.05) is 48.9 Å². The fourth-order valence-corrected chi connectivity index (χ4v) is 4.11. The van der Waals surface area contributed by atoms with E-state index in [2.05, 4.69) is 15.5 Å². The fourth-order valence-electron chi connectivity index (χ4n) is 3.35. The van der Waals surface area contributed by atoms with Gasteiger partial charge in [-0.25, -0.2) is 0 Å².